The van der Waals surface area contributed by atoms with E-state index in [-0.39, 0.29) is 11.3 Å². The predicted octanol–water partition coefficient (Wildman–Crippen LogP) is 3.20. The van der Waals surface area contributed by atoms with Gasteiger partial charge < -0.3 is 10.1 Å². The number of rotatable bonds is 9. The molecule has 3 rings (SSSR count). The largest absolute Gasteiger partial charge is 0.482 e. The lowest BCUT2D eigenvalue weighted by Gasteiger charge is -2.07. The van der Waals surface area contributed by atoms with Crippen molar-refractivity contribution < 1.29 is 4.74 Å². The van der Waals surface area contributed by atoms with E-state index in [0.29, 0.717) is 30.0 Å². The first kappa shape index (κ1) is 18.7. The molecule has 0 radical (unpaired) electrons. The summed E-state index contributed by atoms with van der Waals surface area (Å²) in [5.74, 6) is 2.12. The SMILES string of the molecule is O=c1[nH]c(NCCSCc2nsnc2Cl)ncc1OCc1ccccc1. The van der Waals surface area contributed by atoms with Crippen molar-refractivity contribution in [2.24, 2.45) is 0 Å². The van der Waals surface area contributed by atoms with Gasteiger partial charge in [-0.2, -0.15) is 20.5 Å². The van der Waals surface area contributed by atoms with Crippen LogP contribution in [0.1, 0.15) is 11.3 Å². The summed E-state index contributed by atoms with van der Waals surface area (Å²) in [6, 6.07) is 9.64. The van der Waals surface area contributed by atoms with Gasteiger partial charge >= 0.3 is 0 Å². The van der Waals surface area contributed by atoms with Crippen molar-refractivity contribution in [2.45, 2.75) is 12.4 Å². The van der Waals surface area contributed by atoms with Crippen LogP contribution in [0.3, 0.4) is 0 Å². The second-order valence-corrected chi connectivity index (χ2v) is 7.17. The summed E-state index contributed by atoms with van der Waals surface area (Å²) in [5, 5.41) is 3.54. The van der Waals surface area contributed by atoms with Gasteiger partial charge in [-0.3, -0.25) is 9.78 Å². The molecule has 136 valence electrons. The van der Waals surface area contributed by atoms with Crippen LogP contribution < -0.4 is 15.6 Å². The van der Waals surface area contributed by atoms with Crippen molar-refractivity contribution >= 4 is 41.0 Å². The number of hydrogen-bond donors (Lipinski definition) is 2. The minimum Gasteiger partial charge on any atom is -0.482 e. The summed E-state index contributed by atoms with van der Waals surface area (Å²) in [4.78, 5) is 18.9. The number of nitrogens with one attached hydrogen (secondary N) is 2. The van der Waals surface area contributed by atoms with Gasteiger partial charge in [0.15, 0.2) is 5.15 Å². The highest BCUT2D eigenvalue weighted by molar-refractivity contribution is 7.98. The molecule has 7 nitrogen and oxygen atoms in total. The molecule has 0 aliphatic heterocycles. The zero-order valence-corrected chi connectivity index (χ0v) is 16.0. The van der Waals surface area contributed by atoms with Gasteiger partial charge in [-0.15, -0.1) is 0 Å². The molecule has 0 saturated carbocycles. The molecule has 2 heterocycles. The Bertz CT molecular complexity index is 888. The smallest absolute Gasteiger partial charge is 0.294 e. The van der Waals surface area contributed by atoms with E-state index in [1.54, 1.807) is 11.8 Å². The highest BCUT2D eigenvalue weighted by Crippen LogP contribution is 2.18. The van der Waals surface area contributed by atoms with Gasteiger partial charge in [0.25, 0.3) is 5.56 Å². The van der Waals surface area contributed by atoms with Crippen molar-refractivity contribution in [1.29, 1.82) is 0 Å². The van der Waals surface area contributed by atoms with Crippen LogP contribution in [0.4, 0.5) is 5.95 Å². The fourth-order valence-electron chi connectivity index (χ4n) is 2.00. The fourth-order valence-corrected chi connectivity index (χ4v) is 3.67. The molecule has 0 amide bonds. The van der Waals surface area contributed by atoms with E-state index < -0.39 is 0 Å². The second-order valence-electron chi connectivity index (χ2n) is 5.18. The Morgan fingerprint density at radius 1 is 1.27 bits per heavy atom. The van der Waals surface area contributed by atoms with E-state index >= 15 is 0 Å². The van der Waals surface area contributed by atoms with Gasteiger partial charge in [-0.25, -0.2) is 4.98 Å². The summed E-state index contributed by atoms with van der Waals surface area (Å²) >= 11 is 8.67. The number of thioether (sulfide) groups is 1. The number of ether oxygens (including phenoxy) is 1. The van der Waals surface area contributed by atoms with Crippen LogP contribution in [0.5, 0.6) is 5.75 Å². The molecule has 2 aromatic heterocycles. The van der Waals surface area contributed by atoms with Crippen LogP contribution in [-0.2, 0) is 12.4 Å². The zero-order chi connectivity index (χ0) is 18.2. The number of aromatic nitrogens is 4. The lowest BCUT2D eigenvalue weighted by Crippen LogP contribution is -2.16. The molecule has 0 spiro atoms. The third-order valence-corrected chi connectivity index (χ3v) is 5.23. The average Bonchev–Trinajstić information content (AvgIpc) is 3.06. The minimum atomic E-state index is -0.314. The van der Waals surface area contributed by atoms with Gasteiger partial charge in [0.05, 0.1) is 17.9 Å². The molecule has 0 bridgehead atoms. The Labute approximate surface area is 163 Å². The molecule has 0 aliphatic rings. The molecule has 0 unspecified atom stereocenters. The number of nitrogens with zero attached hydrogens (tertiary/aromatic N) is 3. The Morgan fingerprint density at radius 2 is 2.12 bits per heavy atom. The third kappa shape index (κ3) is 5.45. The number of halogens is 1. The average molecular weight is 410 g/mol. The van der Waals surface area contributed by atoms with Crippen molar-refractivity contribution in [1.82, 2.24) is 18.7 Å². The van der Waals surface area contributed by atoms with Crippen molar-refractivity contribution in [2.75, 3.05) is 17.6 Å². The number of aromatic amines is 1. The normalized spacial score (nSPS) is 10.7. The molecule has 2 N–H and O–H groups in total. The van der Waals surface area contributed by atoms with E-state index in [4.69, 9.17) is 16.3 Å². The quantitative estimate of drug-likeness (QED) is 0.524. The van der Waals surface area contributed by atoms with Crippen LogP contribution in [0.15, 0.2) is 41.3 Å². The molecular weight excluding hydrogens is 394 g/mol. The van der Waals surface area contributed by atoms with Crippen molar-refractivity contribution in [3.63, 3.8) is 0 Å². The Kier molecular flexibility index (Phi) is 6.87. The molecule has 0 fully saturated rings. The van der Waals surface area contributed by atoms with Gasteiger partial charge in [0.1, 0.15) is 12.3 Å². The molecular formula is C16H16ClN5O2S2. The number of hydrogen-bond acceptors (Lipinski definition) is 8. The topological polar surface area (TPSA) is 92.8 Å². The van der Waals surface area contributed by atoms with E-state index in [2.05, 4.69) is 24.0 Å². The van der Waals surface area contributed by atoms with Gasteiger partial charge in [0.2, 0.25) is 11.7 Å². The summed E-state index contributed by atoms with van der Waals surface area (Å²) in [7, 11) is 0. The highest BCUT2D eigenvalue weighted by Gasteiger charge is 2.06. The van der Waals surface area contributed by atoms with Gasteiger partial charge in [-0.1, -0.05) is 41.9 Å². The maximum atomic E-state index is 12.0. The fraction of sp³-hybridized carbons (Fsp3) is 0.250. The first-order chi connectivity index (χ1) is 12.7. The molecule has 1 aromatic carbocycles. The highest BCUT2D eigenvalue weighted by atomic mass is 35.5. The summed E-state index contributed by atoms with van der Waals surface area (Å²) in [5.41, 5.74) is 1.47. The van der Waals surface area contributed by atoms with Crippen molar-refractivity contribution in [3.8, 4) is 5.75 Å². The van der Waals surface area contributed by atoms with E-state index in [9.17, 15) is 4.79 Å². The van der Waals surface area contributed by atoms with Gasteiger partial charge in [0, 0.05) is 18.1 Å². The van der Waals surface area contributed by atoms with Crippen molar-refractivity contribution in [3.05, 3.63) is 63.3 Å². The number of H-pyrrole nitrogens is 1. The lowest BCUT2D eigenvalue weighted by atomic mass is 10.2. The molecule has 0 saturated heterocycles. The lowest BCUT2D eigenvalue weighted by molar-refractivity contribution is 0.300. The maximum absolute atomic E-state index is 12.0. The molecule has 0 atom stereocenters. The van der Waals surface area contributed by atoms with Crippen LogP contribution in [-0.4, -0.2) is 31.0 Å². The van der Waals surface area contributed by atoms with E-state index in [0.717, 1.165) is 28.7 Å². The monoisotopic (exact) mass is 409 g/mol. The molecule has 10 heteroatoms. The summed E-state index contributed by atoms with van der Waals surface area (Å²) < 4.78 is 13.5. The predicted molar refractivity (Wildman–Crippen MR) is 105 cm³/mol. The zero-order valence-electron chi connectivity index (χ0n) is 13.6. The van der Waals surface area contributed by atoms with Crippen LogP contribution in [0.25, 0.3) is 0 Å². The van der Waals surface area contributed by atoms with Crippen LogP contribution in [0.2, 0.25) is 5.15 Å². The Morgan fingerprint density at radius 3 is 2.85 bits per heavy atom. The van der Waals surface area contributed by atoms with Crippen LogP contribution in [0, 0.1) is 0 Å². The first-order valence-electron chi connectivity index (χ1n) is 7.77. The molecule has 3 aromatic rings. The van der Waals surface area contributed by atoms with E-state index in [1.807, 2.05) is 30.3 Å². The number of anilines is 1. The minimum absolute atomic E-state index is 0.194. The van der Waals surface area contributed by atoms with E-state index in [1.165, 1.54) is 6.20 Å². The standard InChI is InChI=1S/C16H16ClN5O2S2/c17-14-12(21-26-22-14)10-25-7-6-18-16-19-8-13(15(23)20-16)24-9-11-4-2-1-3-5-11/h1-5,8H,6-7,9-10H2,(H2,18,19,20,23). The first-order valence-corrected chi connectivity index (χ1v) is 10.0. The van der Waals surface area contributed by atoms with Crippen LogP contribution >= 0.6 is 35.1 Å². The maximum Gasteiger partial charge on any atom is 0.294 e. The summed E-state index contributed by atoms with van der Waals surface area (Å²) in [6.45, 7) is 0.968. The third-order valence-electron chi connectivity index (χ3n) is 3.29. The summed E-state index contributed by atoms with van der Waals surface area (Å²) in [6.07, 6.45) is 1.43. The number of benzene rings is 1. The Balaban J connectivity index is 1.42. The van der Waals surface area contributed by atoms with Gasteiger partial charge in [-0.05, 0) is 5.56 Å². The molecule has 0 aliphatic carbocycles. The Hall–Kier alpha value is -2.10. The second kappa shape index (κ2) is 9.56. The molecule has 26 heavy (non-hydrogen) atoms.